The van der Waals surface area contributed by atoms with Crippen LogP contribution in [0.3, 0.4) is 0 Å². The minimum absolute atomic E-state index is 0. The van der Waals surface area contributed by atoms with Gasteiger partial charge in [0.25, 0.3) is 0 Å². The molecule has 2 N–H and O–H groups in total. The van der Waals surface area contributed by atoms with E-state index in [9.17, 15) is 9.90 Å². The number of carboxylic acids is 1. The molecule has 0 saturated heterocycles. The predicted molar refractivity (Wildman–Crippen MR) is 38.2 cm³/mol. The van der Waals surface area contributed by atoms with Crippen LogP contribution in [0.15, 0.2) is 16.5 Å². The summed E-state index contributed by atoms with van der Waals surface area (Å²) in [6.45, 7) is 0.202. The summed E-state index contributed by atoms with van der Waals surface area (Å²) in [6, 6.07) is 2.82. The van der Waals surface area contributed by atoms with Crippen molar-refractivity contribution in [2.75, 3.05) is 0 Å². The van der Waals surface area contributed by atoms with Gasteiger partial charge in [0.1, 0.15) is 17.5 Å². The molecule has 0 radical (unpaired) electrons. The van der Waals surface area contributed by atoms with Gasteiger partial charge in [-0.15, -0.1) is 12.4 Å². The molecule has 1 aromatic heterocycles. The van der Waals surface area contributed by atoms with Crippen LogP contribution < -0.4 is 10.8 Å². The summed E-state index contributed by atoms with van der Waals surface area (Å²) in [6.07, 6.45) is 0. The van der Waals surface area contributed by atoms with E-state index in [1.165, 1.54) is 12.1 Å². The largest absolute Gasteiger partial charge is 0.542 e. The van der Waals surface area contributed by atoms with Crippen LogP contribution in [0.5, 0.6) is 0 Å². The fourth-order valence-corrected chi connectivity index (χ4v) is 0.597. The van der Waals surface area contributed by atoms with Crippen LogP contribution in [0.1, 0.15) is 16.3 Å². The van der Waals surface area contributed by atoms with Crippen molar-refractivity contribution >= 4 is 18.4 Å². The number of nitrogens with two attached hydrogens (primary N) is 1. The van der Waals surface area contributed by atoms with Crippen molar-refractivity contribution in [3.8, 4) is 0 Å². The standard InChI is InChI=1S/C6H7NO3.ClH/c7-3-4-1-2-5(10-4)6(8)9;/h1-2H,3,7H2,(H,8,9);1H/p-1. The monoisotopic (exact) mass is 176 g/mol. The van der Waals surface area contributed by atoms with Gasteiger partial charge in [0, 0.05) is 0 Å². The first kappa shape index (κ1) is 10.0. The maximum Gasteiger partial charge on any atom is 0.149 e. The van der Waals surface area contributed by atoms with E-state index < -0.39 is 5.97 Å². The number of halogens is 1. The van der Waals surface area contributed by atoms with E-state index in [-0.39, 0.29) is 24.7 Å². The average molecular weight is 177 g/mol. The van der Waals surface area contributed by atoms with E-state index in [1.54, 1.807) is 0 Å². The second-order valence-corrected chi connectivity index (χ2v) is 1.76. The lowest BCUT2D eigenvalue weighted by Crippen LogP contribution is -2.21. The van der Waals surface area contributed by atoms with Crippen molar-refractivity contribution in [3.05, 3.63) is 23.7 Å². The molecule has 0 aliphatic rings. The maximum atomic E-state index is 10.1. The molecule has 1 aromatic rings. The summed E-state index contributed by atoms with van der Waals surface area (Å²) in [4.78, 5) is 10.1. The van der Waals surface area contributed by atoms with Gasteiger partial charge < -0.3 is 20.1 Å². The van der Waals surface area contributed by atoms with Gasteiger partial charge in [0.15, 0.2) is 0 Å². The Bertz CT molecular complexity index is 246. The van der Waals surface area contributed by atoms with Crippen LogP contribution in [-0.2, 0) is 6.54 Å². The summed E-state index contributed by atoms with van der Waals surface area (Å²) in [5, 5.41) is 10.1. The molecule has 0 aliphatic carbocycles. The first-order chi connectivity index (χ1) is 4.74. The Hall–Kier alpha value is -1.00. The molecular weight excluding hydrogens is 170 g/mol. The van der Waals surface area contributed by atoms with Gasteiger partial charge in [-0.05, 0) is 12.1 Å². The summed E-state index contributed by atoms with van der Waals surface area (Å²) < 4.78 is 4.71. The summed E-state index contributed by atoms with van der Waals surface area (Å²) in [7, 11) is 0. The van der Waals surface area contributed by atoms with E-state index in [4.69, 9.17) is 10.2 Å². The number of carbonyl (C=O) groups is 1. The molecule has 0 amide bonds. The normalized spacial score (nSPS) is 8.82. The van der Waals surface area contributed by atoms with Crippen molar-refractivity contribution in [1.29, 1.82) is 0 Å². The van der Waals surface area contributed by atoms with Crippen LogP contribution >= 0.6 is 12.4 Å². The van der Waals surface area contributed by atoms with Crippen molar-refractivity contribution in [2.24, 2.45) is 5.73 Å². The second-order valence-electron chi connectivity index (χ2n) is 1.76. The minimum Gasteiger partial charge on any atom is -0.542 e. The van der Waals surface area contributed by atoms with E-state index >= 15 is 0 Å². The van der Waals surface area contributed by atoms with Crippen LogP contribution in [0.25, 0.3) is 0 Å². The Balaban J connectivity index is 0.000001000. The van der Waals surface area contributed by atoms with E-state index in [1.807, 2.05) is 0 Å². The summed E-state index contributed by atoms with van der Waals surface area (Å²) in [5.74, 6) is -1.06. The number of hydrogen-bond donors (Lipinski definition) is 1. The zero-order valence-corrected chi connectivity index (χ0v) is 6.39. The molecule has 0 spiro atoms. The fourth-order valence-electron chi connectivity index (χ4n) is 0.597. The van der Waals surface area contributed by atoms with E-state index in [0.29, 0.717) is 5.76 Å². The third kappa shape index (κ3) is 2.25. The number of rotatable bonds is 2. The lowest BCUT2D eigenvalue weighted by molar-refractivity contribution is -0.257. The Morgan fingerprint density at radius 1 is 1.64 bits per heavy atom. The molecule has 0 aliphatic heterocycles. The smallest absolute Gasteiger partial charge is 0.149 e. The lowest BCUT2D eigenvalue weighted by atomic mass is 10.4. The van der Waals surface area contributed by atoms with Crippen LogP contribution in [0.4, 0.5) is 0 Å². The zero-order valence-electron chi connectivity index (χ0n) is 5.57. The topological polar surface area (TPSA) is 79.3 Å². The molecule has 0 fully saturated rings. The molecule has 0 atom stereocenters. The quantitative estimate of drug-likeness (QED) is 0.660. The van der Waals surface area contributed by atoms with Gasteiger partial charge in [-0.3, -0.25) is 0 Å². The molecule has 1 rings (SSSR count). The van der Waals surface area contributed by atoms with Crippen LogP contribution in [-0.4, -0.2) is 5.97 Å². The molecule has 5 heteroatoms. The molecule has 1 heterocycles. The predicted octanol–water partition coefficient (Wildman–Crippen LogP) is -0.476. The first-order valence-corrected chi connectivity index (χ1v) is 2.74. The SMILES string of the molecule is Cl.NCc1ccc(C(=O)[O-])o1. The summed E-state index contributed by atoms with van der Waals surface area (Å²) >= 11 is 0. The summed E-state index contributed by atoms with van der Waals surface area (Å²) in [5.41, 5.74) is 5.16. The van der Waals surface area contributed by atoms with Crippen molar-refractivity contribution in [3.63, 3.8) is 0 Å². The highest BCUT2D eigenvalue weighted by molar-refractivity contribution is 5.85. The molecule has 0 aromatic carbocycles. The van der Waals surface area contributed by atoms with Crippen molar-refractivity contribution in [2.45, 2.75) is 6.54 Å². The highest BCUT2D eigenvalue weighted by atomic mass is 35.5. The number of hydrogen-bond acceptors (Lipinski definition) is 4. The number of carboxylic acid groups (broad SMARTS) is 1. The molecule has 4 nitrogen and oxygen atoms in total. The van der Waals surface area contributed by atoms with Crippen LogP contribution in [0, 0.1) is 0 Å². The average Bonchev–Trinajstić information content (AvgIpc) is 2.34. The Morgan fingerprint density at radius 3 is 2.55 bits per heavy atom. The molecular formula is C6H7ClNO3-. The van der Waals surface area contributed by atoms with Crippen molar-refractivity contribution < 1.29 is 14.3 Å². The first-order valence-electron chi connectivity index (χ1n) is 2.74. The molecule has 11 heavy (non-hydrogen) atoms. The molecule has 0 saturated carbocycles. The van der Waals surface area contributed by atoms with Gasteiger partial charge in [-0.2, -0.15) is 0 Å². The number of aromatic carboxylic acids is 1. The molecule has 0 unspecified atom stereocenters. The molecule has 62 valence electrons. The molecule has 0 bridgehead atoms. The number of carbonyl (C=O) groups excluding carboxylic acids is 1. The fraction of sp³-hybridized carbons (Fsp3) is 0.167. The van der Waals surface area contributed by atoms with E-state index in [0.717, 1.165) is 0 Å². The highest BCUT2D eigenvalue weighted by Gasteiger charge is 1.98. The third-order valence-electron chi connectivity index (χ3n) is 1.06. The van der Waals surface area contributed by atoms with Gasteiger partial charge in [0.2, 0.25) is 0 Å². The second kappa shape index (κ2) is 4.00. The zero-order chi connectivity index (χ0) is 7.56. The van der Waals surface area contributed by atoms with Crippen molar-refractivity contribution in [1.82, 2.24) is 0 Å². The van der Waals surface area contributed by atoms with Gasteiger partial charge in [-0.25, -0.2) is 0 Å². The number of furan rings is 1. The lowest BCUT2D eigenvalue weighted by Gasteiger charge is -1.93. The minimum atomic E-state index is -1.32. The Morgan fingerprint density at radius 2 is 2.27 bits per heavy atom. The van der Waals surface area contributed by atoms with Gasteiger partial charge >= 0.3 is 0 Å². The van der Waals surface area contributed by atoms with Crippen LogP contribution in [0.2, 0.25) is 0 Å². The third-order valence-corrected chi connectivity index (χ3v) is 1.06. The Labute approximate surface area is 69.4 Å². The highest BCUT2D eigenvalue weighted by Crippen LogP contribution is 2.04. The Kier molecular flexibility index (Phi) is 3.64. The van der Waals surface area contributed by atoms with Gasteiger partial charge in [0.05, 0.1) is 6.54 Å². The maximum absolute atomic E-state index is 10.1. The van der Waals surface area contributed by atoms with E-state index in [2.05, 4.69) is 0 Å². The van der Waals surface area contributed by atoms with Gasteiger partial charge in [-0.1, -0.05) is 0 Å².